The van der Waals surface area contributed by atoms with Crippen LogP contribution in [0.4, 0.5) is 5.69 Å². The molecule has 3 rings (SSSR count). The lowest BCUT2D eigenvalue weighted by atomic mass is 10.1. The van der Waals surface area contributed by atoms with Crippen molar-refractivity contribution in [3.8, 4) is 11.3 Å². The summed E-state index contributed by atoms with van der Waals surface area (Å²) in [6.45, 7) is 3.99. The van der Waals surface area contributed by atoms with Crippen LogP contribution in [0.1, 0.15) is 25.3 Å². The topological polar surface area (TPSA) is 46.4 Å². The van der Waals surface area contributed by atoms with E-state index in [0.717, 1.165) is 34.6 Å². The Morgan fingerprint density at radius 1 is 1.27 bits per heavy atom. The molecule has 0 aliphatic heterocycles. The first kappa shape index (κ1) is 14.3. The Hall–Kier alpha value is -2.62. The molecule has 0 atom stereocenters. The fraction of sp³-hybridized carbons (Fsp3) is 0.222. The second kappa shape index (κ2) is 6.02. The molecule has 1 N–H and O–H groups in total. The highest BCUT2D eigenvalue weighted by Crippen LogP contribution is 2.25. The summed E-state index contributed by atoms with van der Waals surface area (Å²) in [6.07, 6.45) is 5.36. The second-order valence-electron chi connectivity index (χ2n) is 5.42. The molecular weight excluding hydrogens is 274 g/mol. The zero-order valence-corrected chi connectivity index (χ0v) is 12.8. The van der Waals surface area contributed by atoms with Gasteiger partial charge >= 0.3 is 0 Å². The first-order valence-corrected chi connectivity index (χ1v) is 7.52. The minimum atomic E-state index is 0.0535. The molecule has 4 heteroatoms. The number of carbonyl (C=O) groups excluding carboxylic acids is 1. The van der Waals surface area contributed by atoms with Crippen LogP contribution in [0.15, 0.2) is 48.8 Å². The number of hydrogen-bond donors (Lipinski definition) is 1. The number of anilines is 1. The smallest absolute Gasteiger partial charge is 0.224 e. The average Bonchev–Trinajstić information content (AvgIpc) is 2.93. The number of aryl methyl sites for hydroxylation is 1. The Labute approximate surface area is 129 Å². The number of benzene rings is 1. The number of fused-ring (bicyclic) bond motifs is 1. The Morgan fingerprint density at radius 2 is 2.14 bits per heavy atom. The number of rotatable bonds is 4. The number of carbonyl (C=O) groups is 1. The first-order chi connectivity index (χ1) is 10.7. The molecule has 3 aromatic rings. The fourth-order valence-electron chi connectivity index (χ4n) is 2.43. The van der Waals surface area contributed by atoms with Crippen LogP contribution in [-0.4, -0.2) is 15.3 Å². The second-order valence-corrected chi connectivity index (χ2v) is 5.42. The van der Waals surface area contributed by atoms with Gasteiger partial charge in [-0.1, -0.05) is 25.1 Å². The highest BCUT2D eigenvalue weighted by Gasteiger charge is 2.08. The van der Waals surface area contributed by atoms with E-state index in [1.54, 1.807) is 0 Å². The van der Waals surface area contributed by atoms with E-state index >= 15 is 0 Å². The molecule has 0 aliphatic carbocycles. The molecule has 2 aromatic heterocycles. The van der Waals surface area contributed by atoms with Crippen molar-refractivity contribution >= 4 is 17.2 Å². The van der Waals surface area contributed by atoms with Crippen molar-refractivity contribution in [3.05, 3.63) is 54.4 Å². The Kier molecular flexibility index (Phi) is 3.92. The van der Waals surface area contributed by atoms with E-state index < -0.39 is 0 Å². The van der Waals surface area contributed by atoms with Gasteiger partial charge in [-0.3, -0.25) is 4.79 Å². The molecule has 4 nitrogen and oxygen atoms in total. The van der Waals surface area contributed by atoms with Crippen LogP contribution < -0.4 is 5.32 Å². The number of imidazole rings is 1. The molecule has 1 amide bonds. The van der Waals surface area contributed by atoms with E-state index in [0.29, 0.717) is 6.42 Å². The van der Waals surface area contributed by atoms with E-state index in [1.165, 1.54) is 0 Å². The molecule has 0 saturated heterocycles. The number of pyridine rings is 1. The standard InChI is InChI=1S/C18H19N3O/c1-3-6-18(22)20-15-11-14(9-8-13(15)2)16-12-21-10-5-4-7-17(21)19-16/h4-5,7-12H,3,6H2,1-2H3,(H,20,22). The minimum absolute atomic E-state index is 0.0535. The molecule has 0 radical (unpaired) electrons. The van der Waals surface area contributed by atoms with E-state index in [9.17, 15) is 4.79 Å². The van der Waals surface area contributed by atoms with Crippen molar-refractivity contribution < 1.29 is 4.79 Å². The molecular formula is C18H19N3O. The molecule has 0 unspecified atom stereocenters. The van der Waals surface area contributed by atoms with Gasteiger partial charge in [0.1, 0.15) is 5.65 Å². The van der Waals surface area contributed by atoms with Crippen molar-refractivity contribution in [1.29, 1.82) is 0 Å². The molecule has 0 saturated carbocycles. The van der Waals surface area contributed by atoms with Crippen molar-refractivity contribution in [1.82, 2.24) is 9.38 Å². The van der Waals surface area contributed by atoms with Gasteiger partial charge in [-0.15, -0.1) is 0 Å². The van der Waals surface area contributed by atoms with Crippen LogP contribution in [0, 0.1) is 6.92 Å². The molecule has 0 bridgehead atoms. The predicted molar refractivity (Wildman–Crippen MR) is 88.9 cm³/mol. The van der Waals surface area contributed by atoms with Gasteiger partial charge in [0.05, 0.1) is 5.69 Å². The maximum atomic E-state index is 11.8. The number of nitrogens with one attached hydrogen (secondary N) is 1. The lowest BCUT2D eigenvalue weighted by Gasteiger charge is -2.09. The van der Waals surface area contributed by atoms with Crippen LogP contribution in [0.2, 0.25) is 0 Å². The van der Waals surface area contributed by atoms with Crippen LogP contribution in [0.3, 0.4) is 0 Å². The first-order valence-electron chi connectivity index (χ1n) is 7.52. The van der Waals surface area contributed by atoms with Crippen molar-refractivity contribution in [3.63, 3.8) is 0 Å². The van der Waals surface area contributed by atoms with Gasteiger partial charge in [0, 0.05) is 30.1 Å². The van der Waals surface area contributed by atoms with Crippen LogP contribution in [-0.2, 0) is 4.79 Å². The van der Waals surface area contributed by atoms with Crippen LogP contribution in [0.5, 0.6) is 0 Å². The summed E-state index contributed by atoms with van der Waals surface area (Å²) in [5.41, 5.74) is 4.72. The summed E-state index contributed by atoms with van der Waals surface area (Å²) >= 11 is 0. The van der Waals surface area contributed by atoms with Gasteiger partial charge in [-0.2, -0.15) is 0 Å². The molecule has 22 heavy (non-hydrogen) atoms. The average molecular weight is 293 g/mol. The SMILES string of the molecule is CCCC(=O)Nc1cc(-c2cn3ccccc3n2)ccc1C. The molecule has 0 spiro atoms. The highest BCUT2D eigenvalue weighted by molar-refractivity contribution is 5.92. The lowest BCUT2D eigenvalue weighted by molar-refractivity contribution is -0.116. The minimum Gasteiger partial charge on any atom is -0.326 e. The van der Waals surface area contributed by atoms with Crippen molar-refractivity contribution in [2.45, 2.75) is 26.7 Å². The van der Waals surface area contributed by atoms with Gasteiger partial charge < -0.3 is 9.72 Å². The van der Waals surface area contributed by atoms with Crippen molar-refractivity contribution in [2.75, 3.05) is 5.32 Å². The molecule has 112 valence electrons. The van der Waals surface area contributed by atoms with E-state index in [2.05, 4.69) is 10.3 Å². The molecule has 2 heterocycles. The Bertz CT molecular complexity index is 787. The summed E-state index contributed by atoms with van der Waals surface area (Å²) < 4.78 is 1.99. The summed E-state index contributed by atoms with van der Waals surface area (Å²) in [6, 6.07) is 12.0. The fourth-order valence-corrected chi connectivity index (χ4v) is 2.43. The molecule has 0 fully saturated rings. The van der Waals surface area contributed by atoms with E-state index in [-0.39, 0.29) is 5.91 Å². The van der Waals surface area contributed by atoms with Gasteiger partial charge in [-0.25, -0.2) is 4.98 Å². The quantitative estimate of drug-likeness (QED) is 0.789. The van der Waals surface area contributed by atoms with E-state index in [4.69, 9.17) is 0 Å². The van der Waals surface area contributed by atoms with Crippen LogP contribution in [0.25, 0.3) is 16.9 Å². The zero-order chi connectivity index (χ0) is 15.5. The number of nitrogens with zero attached hydrogens (tertiary/aromatic N) is 2. The maximum Gasteiger partial charge on any atom is 0.224 e. The zero-order valence-electron chi connectivity index (χ0n) is 12.8. The third-order valence-corrected chi connectivity index (χ3v) is 3.65. The third kappa shape index (κ3) is 2.86. The summed E-state index contributed by atoms with van der Waals surface area (Å²) in [4.78, 5) is 16.4. The van der Waals surface area contributed by atoms with E-state index in [1.807, 2.05) is 67.0 Å². The highest BCUT2D eigenvalue weighted by atomic mass is 16.1. The maximum absolute atomic E-state index is 11.8. The Morgan fingerprint density at radius 3 is 2.91 bits per heavy atom. The van der Waals surface area contributed by atoms with Gasteiger partial charge in [0.2, 0.25) is 5.91 Å². The summed E-state index contributed by atoms with van der Waals surface area (Å²) in [5, 5.41) is 2.98. The monoisotopic (exact) mass is 293 g/mol. The number of aromatic nitrogens is 2. The number of amides is 1. The third-order valence-electron chi connectivity index (χ3n) is 3.65. The van der Waals surface area contributed by atoms with Gasteiger partial charge in [0.25, 0.3) is 0 Å². The summed E-state index contributed by atoms with van der Waals surface area (Å²) in [7, 11) is 0. The predicted octanol–water partition coefficient (Wildman–Crippen LogP) is 4.05. The van der Waals surface area contributed by atoms with Crippen molar-refractivity contribution in [2.24, 2.45) is 0 Å². The van der Waals surface area contributed by atoms with Gasteiger partial charge in [-0.05, 0) is 37.1 Å². The normalized spacial score (nSPS) is 10.8. The number of hydrogen-bond acceptors (Lipinski definition) is 2. The summed E-state index contributed by atoms with van der Waals surface area (Å²) in [5.74, 6) is 0.0535. The van der Waals surface area contributed by atoms with Crippen LogP contribution >= 0.6 is 0 Å². The Balaban J connectivity index is 1.95. The van der Waals surface area contributed by atoms with Gasteiger partial charge in [0.15, 0.2) is 0 Å². The lowest BCUT2D eigenvalue weighted by Crippen LogP contribution is -2.11. The molecule has 1 aromatic carbocycles. The largest absolute Gasteiger partial charge is 0.326 e. The molecule has 0 aliphatic rings.